The minimum absolute atomic E-state index is 0.100. The number of hydrogen-bond donors (Lipinski definition) is 1. The monoisotopic (exact) mass is 252 g/mol. The molecule has 5 nitrogen and oxygen atoms in total. The zero-order valence-electron chi connectivity index (χ0n) is 10.1. The van der Waals surface area contributed by atoms with Crippen LogP contribution in [0.3, 0.4) is 0 Å². The molecule has 1 atom stereocenters. The van der Waals surface area contributed by atoms with Crippen molar-refractivity contribution in [1.29, 1.82) is 0 Å². The third-order valence-corrected chi connectivity index (χ3v) is 2.52. The molecule has 6 heteroatoms. The average molecular weight is 252 g/mol. The lowest BCUT2D eigenvalue weighted by molar-refractivity contribution is 0.159. The Kier molecular flexibility index (Phi) is 3.57. The SMILES string of the molecule is CCC(O)c1noc(-c2ccc(F)c(OC)c2)n1. The Morgan fingerprint density at radius 2 is 2.28 bits per heavy atom. The van der Waals surface area contributed by atoms with Crippen LogP contribution in [-0.4, -0.2) is 22.4 Å². The fraction of sp³-hybridized carbons (Fsp3) is 0.333. The Hall–Kier alpha value is -1.95. The molecule has 96 valence electrons. The standard InChI is InChI=1S/C12H13FN2O3/c1-3-9(16)11-14-12(18-15-11)7-4-5-8(13)10(6-7)17-2/h4-6,9,16H,3H2,1-2H3. The highest BCUT2D eigenvalue weighted by Crippen LogP contribution is 2.26. The Labute approximate surface area is 103 Å². The number of nitrogens with zero attached hydrogens (tertiary/aromatic N) is 2. The first-order chi connectivity index (χ1) is 8.65. The van der Waals surface area contributed by atoms with Gasteiger partial charge in [-0.25, -0.2) is 4.39 Å². The summed E-state index contributed by atoms with van der Waals surface area (Å²) in [5, 5.41) is 13.2. The second kappa shape index (κ2) is 5.14. The van der Waals surface area contributed by atoms with Gasteiger partial charge in [-0.05, 0) is 24.6 Å². The molecule has 1 aromatic heterocycles. The van der Waals surface area contributed by atoms with E-state index in [0.717, 1.165) is 0 Å². The molecule has 0 saturated heterocycles. The molecule has 1 heterocycles. The first kappa shape index (κ1) is 12.5. The third kappa shape index (κ3) is 2.33. The van der Waals surface area contributed by atoms with Crippen molar-refractivity contribution in [3.8, 4) is 17.2 Å². The Balaban J connectivity index is 2.34. The van der Waals surface area contributed by atoms with Gasteiger partial charge in [0.2, 0.25) is 5.82 Å². The van der Waals surface area contributed by atoms with Crippen LogP contribution in [-0.2, 0) is 0 Å². The molecular formula is C12H13FN2O3. The predicted octanol–water partition coefficient (Wildman–Crippen LogP) is 2.33. The molecule has 0 radical (unpaired) electrons. The number of benzene rings is 1. The van der Waals surface area contributed by atoms with Crippen molar-refractivity contribution in [1.82, 2.24) is 10.1 Å². The summed E-state index contributed by atoms with van der Waals surface area (Å²) in [5.74, 6) is 0.0736. The Bertz CT molecular complexity index is 542. The highest BCUT2D eigenvalue weighted by molar-refractivity contribution is 5.55. The summed E-state index contributed by atoms with van der Waals surface area (Å²) in [6, 6.07) is 4.23. The van der Waals surface area contributed by atoms with Crippen LogP contribution in [0.4, 0.5) is 4.39 Å². The van der Waals surface area contributed by atoms with Crippen LogP contribution in [0.15, 0.2) is 22.7 Å². The van der Waals surface area contributed by atoms with Crippen LogP contribution < -0.4 is 4.74 Å². The minimum atomic E-state index is -0.759. The number of hydrogen-bond acceptors (Lipinski definition) is 5. The van der Waals surface area contributed by atoms with Gasteiger partial charge < -0.3 is 14.4 Å². The third-order valence-electron chi connectivity index (χ3n) is 2.52. The van der Waals surface area contributed by atoms with Crippen LogP contribution in [0.5, 0.6) is 5.75 Å². The molecule has 0 aliphatic heterocycles. The number of ether oxygens (including phenoxy) is 1. The Morgan fingerprint density at radius 1 is 1.50 bits per heavy atom. The first-order valence-corrected chi connectivity index (χ1v) is 5.51. The molecule has 0 fully saturated rings. The van der Waals surface area contributed by atoms with Gasteiger partial charge in [0.15, 0.2) is 11.6 Å². The zero-order chi connectivity index (χ0) is 13.1. The van der Waals surface area contributed by atoms with E-state index in [1.807, 2.05) is 6.92 Å². The second-order valence-corrected chi connectivity index (χ2v) is 3.73. The van der Waals surface area contributed by atoms with E-state index in [4.69, 9.17) is 9.26 Å². The van der Waals surface area contributed by atoms with Crippen LogP contribution in [0.25, 0.3) is 11.5 Å². The van der Waals surface area contributed by atoms with Crippen LogP contribution in [0, 0.1) is 5.82 Å². The molecule has 1 aromatic carbocycles. The maximum atomic E-state index is 13.2. The summed E-state index contributed by atoms with van der Waals surface area (Å²) in [7, 11) is 1.38. The predicted molar refractivity (Wildman–Crippen MR) is 61.5 cm³/mol. The number of aromatic nitrogens is 2. The number of methoxy groups -OCH3 is 1. The van der Waals surface area contributed by atoms with E-state index in [-0.39, 0.29) is 17.5 Å². The second-order valence-electron chi connectivity index (χ2n) is 3.73. The van der Waals surface area contributed by atoms with Crippen molar-refractivity contribution < 1.29 is 18.8 Å². The molecule has 1 unspecified atom stereocenters. The number of rotatable bonds is 4. The summed E-state index contributed by atoms with van der Waals surface area (Å²) in [5.41, 5.74) is 0.537. The van der Waals surface area contributed by atoms with Gasteiger partial charge in [0.05, 0.1) is 7.11 Å². The van der Waals surface area contributed by atoms with E-state index < -0.39 is 11.9 Å². The van der Waals surface area contributed by atoms with Crippen molar-refractivity contribution in [3.05, 3.63) is 29.8 Å². The van der Waals surface area contributed by atoms with E-state index in [1.165, 1.54) is 25.3 Å². The molecule has 0 bridgehead atoms. The number of aliphatic hydroxyl groups is 1. The summed E-state index contributed by atoms with van der Waals surface area (Å²) in [4.78, 5) is 4.05. The smallest absolute Gasteiger partial charge is 0.258 e. The van der Waals surface area contributed by atoms with Crippen molar-refractivity contribution >= 4 is 0 Å². The first-order valence-electron chi connectivity index (χ1n) is 5.51. The molecule has 1 N–H and O–H groups in total. The average Bonchev–Trinajstić information content (AvgIpc) is 2.88. The lowest BCUT2D eigenvalue weighted by Crippen LogP contribution is -1.97. The van der Waals surface area contributed by atoms with Gasteiger partial charge in [-0.2, -0.15) is 4.98 Å². The van der Waals surface area contributed by atoms with Gasteiger partial charge in [-0.1, -0.05) is 12.1 Å². The molecular weight excluding hydrogens is 239 g/mol. The van der Waals surface area contributed by atoms with Gasteiger partial charge in [-0.15, -0.1) is 0 Å². The summed E-state index contributed by atoms with van der Waals surface area (Å²) in [6.07, 6.45) is -0.268. The molecule has 18 heavy (non-hydrogen) atoms. The van der Waals surface area contributed by atoms with Crippen LogP contribution in [0.1, 0.15) is 25.3 Å². The largest absolute Gasteiger partial charge is 0.494 e. The van der Waals surface area contributed by atoms with Gasteiger partial charge in [-0.3, -0.25) is 0 Å². The maximum absolute atomic E-state index is 13.2. The summed E-state index contributed by atoms with van der Waals surface area (Å²) >= 11 is 0. The van der Waals surface area contributed by atoms with Crippen molar-refractivity contribution in [2.24, 2.45) is 0 Å². The highest BCUT2D eigenvalue weighted by atomic mass is 19.1. The van der Waals surface area contributed by atoms with Crippen molar-refractivity contribution in [2.75, 3.05) is 7.11 Å². The molecule has 2 aromatic rings. The van der Waals surface area contributed by atoms with Crippen LogP contribution >= 0.6 is 0 Å². The van der Waals surface area contributed by atoms with Gasteiger partial charge in [0, 0.05) is 5.56 Å². The molecule has 0 aliphatic rings. The van der Waals surface area contributed by atoms with E-state index in [1.54, 1.807) is 0 Å². The van der Waals surface area contributed by atoms with Gasteiger partial charge >= 0.3 is 0 Å². The molecule has 0 amide bonds. The van der Waals surface area contributed by atoms with Gasteiger partial charge in [0.25, 0.3) is 5.89 Å². The zero-order valence-corrected chi connectivity index (χ0v) is 10.1. The summed E-state index contributed by atoms with van der Waals surface area (Å²) in [6.45, 7) is 1.81. The maximum Gasteiger partial charge on any atom is 0.258 e. The molecule has 0 saturated carbocycles. The quantitative estimate of drug-likeness (QED) is 0.904. The fourth-order valence-electron chi connectivity index (χ4n) is 1.46. The van der Waals surface area contributed by atoms with Crippen molar-refractivity contribution in [2.45, 2.75) is 19.4 Å². The topological polar surface area (TPSA) is 68.4 Å². The van der Waals surface area contributed by atoms with E-state index in [9.17, 15) is 9.50 Å². The Morgan fingerprint density at radius 3 is 2.94 bits per heavy atom. The summed E-state index contributed by atoms with van der Waals surface area (Å²) < 4.78 is 23.1. The molecule has 2 rings (SSSR count). The van der Waals surface area contributed by atoms with E-state index >= 15 is 0 Å². The van der Waals surface area contributed by atoms with E-state index in [2.05, 4.69) is 10.1 Å². The molecule has 0 aliphatic carbocycles. The lowest BCUT2D eigenvalue weighted by Gasteiger charge is -2.02. The van der Waals surface area contributed by atoms with E-state index in [0.29, 0.717) is 12.0 Å². The minimum Gasteiger partial charge on any atom is -0.494 e. The van der Waals surface area contributed by atoms with Crippen LogP contribution in [0.2, 0.25) is 0 Å². The highest BCUT2D eigenvalue weighted by Gasteiger charge is 2.16. The fourth-order valence-corrected chi connectivity index (χ4v) is 1.46. The molecule has 0 spiro atoms. The lowest BCUT2D eigenvalue weighted by atomic mass is 10.2. The normalized spacial score (nSPS) is 12.4. The van der Waals surface area contributed by atoms with Crippen molar-refractivity contribution in [3.63, 3.8) is 0 Å². The number of halogens is 1. The van der Waals surface area contributed by atoms with Gasteiger partial charge in [0.1, 0.15) is 6.10 Å². The number of aliphatic hydroxyl groups excluding tert-OH is 1.